The molecule has 3 rings (SSSR count). The standard InChI is InChI=1S/C16H11ClN4O/c17-12-6-2-1-5-11(12)16(22)19-15-9-8-14(20-21-15)13-7-3-4-10-18-13/h1-10H,(H,19,21,22). The summed E-state index contributed by atoms with van der Waals surface area (Å²) in [5.41, 5.74) is 1.75. The van der Waals surface area contributed by atoms with Crippen LogP contribution in [-0.2, 0) is 0 Å². The van der Waals surface area contributed by atoms with E-state index in [0.29, 0.717) is 22.1 Å². The molecule has 2 heterocycles. The molecule has 108 valence electrons. The Kier molecular flexibility index (Phi) is 4.07. The Balaban J connectivity index is 1.77. The third-order valence-corrected chi connectivity index (χ3v) is 3.28. The predicted octanol–water partition coefficient (Wildman–Crippen LogP) is 3.44. The molecule has 0 aliphatic rings. The molecule has 1 amide bonds. The van der Waals surface area contributed by atoms with Gasteiger partial charge in [0.1, 0.15) is 5.69 Å². The van der Waals surface area contributed by atoms with Gasteiger partial charge in [-0.25, -0.2) is 0 Å². The van der Waals surface area contributed by atoms with Gasteiger partial charge in [0.05, 0.1) is 16.3 Å². The molecule has 0 atom stereocenters. The number of pyridine rings is 1. The monoisotopic (exact) mass is 310 g/mol. The van der Waals surface area contributed by atoms with Gasteiger partial charge in [-0.1, -0.05) is 29.8 Å². The van der Waals surface area contributed by atoms with E-state index in [0.717, 1.165) is 5.69 Å². The largest absolute Gasteiger partial charge is 0.305 e. The van der Waals surface area contributed by atoms with Gasteiger partial charge in [0, 0.05) is 6.20 Å². The van der Waals surface area contributed by atoms with E-state index >= 15 is 0 Å². The zero-order chi connectivity index (χ0) is 15.4. The van der Waals surface area contributed by atoms with Crippen LogP contribution in [0.5, 0.6) is 0 Å². The normalized spacial score (nSPS) is 10.2. The second kappa shape index (κ2) is 6.32. The van der Waals surface area contributed by atoms with Gasteiger partial charge in [-0.05, 0) is 36.4 Å². The number of carbonyl (C=O) groups excluding carboxylic acids is 1. The lowest BCUT2D eigenvalue weighted by atomic mass is 10.2. The highest BCUT2D eigenvalue weighted by molar-refractivity contribution is 6.34. The van der Waals surface area contributed by atoms with Crippen molar-refractivity contribution in [3.05, 3.63) is 71.4 Å². The maximum atomic E-state index is 12.1. The molecule has 0 fully saturated rings. The smallest absolute Gasteiger partial charge is 0.258 e. The second-order valence-electron chi connectivity index (χ2n) is 4.45. The molecule has 22 heavy (non-hydrogen) atoms. The number of hydrogen-bond donors (Lipinski definition) is 1. The molecular weight excluding hydrogens is 300 g/mol. The van der Waals surface area contributed by atoms with E-state index in [1.807, 2.05) is 18.2 Å². The topological polar surface area (TPSA) is 67.8 Å². The van der Waals surface area contributed by atoms with E-state index in [1.54, 1.807) is 42.6 Å². The number of nitrogens with one attached hydrogen (secondary N) is 1. The van der Waals surface area contributed by atoms with E-state index in [2.05, 4.69) is 20.5 Å². The van der Waals surface area contributed by atoms with E-state index in [-0.39, 0.29) is 5.91 Å². The minimum Gasteiger partial charge on any atom is -0.305 e. The van der Waals surface area contributed by atoms with Crippen LogP contribution >= 0.6 is 11.6 Å². The zero-order valence-corrected chi connectivity index (χ0v) is 12.2. The van der Waals surface area contributed by atoms with Gasteiger partial charge >= 0.3 is 0 Å². The van der Waals surface area contributed by atoms with Gasteiger partial charge in [0.2, 0.25) is 0 Å². The Hall–Kier alpha value is -2.79. The highest BCUT2D eigenvalue weighted by atomic mass is 35.5. The first kappa shape index (κ1) is 14.2. The van der Waals surface area contributed by atoms with Crippen LogP contribution in [0, 0.1) is 0 Å². The Morgan fingerprint density at radius 1 is 0.909 bits per heavy atom. The molecule has 6 heteroatoms. The first-order valence-electron chi connectivity index (χ1n) is 6.55. The summed E-state index contributed by atoms with van der Waals surface area (Å²) in [6.07, 6.45) is 1.68. The van der Waals surface area contributed by atoms with Crippen LogP contribution in [0.3, 0.4) is 0 Å². The number of halogens is 1. The molecule has 0 radical (unpaired) electrons. The molecule has 0 spiro atoms. The zero-order valence-electron chi connectivity index (χ0n) is 11.4. The lowest BCUT2D eigenvalue weighted by Gasteiger charge is -2.06. The van der Waals surface area contributed by atoms with Gasteiger partial charge in [0.15, 0.2) is 5.82 Å². The fourth-order valence-electron chi connectivity index (χ4n) is 1.88. The maximum Gasteiger partial charge on any atom is 0.258 e. The van der Waals surface area contributed by atoms with Crippen LogP contribution in [0.25, 0.3) is 11.4 Å². The van der Waals surface area contributed by atoms with E-state index in [1.165, 1.54) is 0 Å². The molecule has 1 N–H and O–H groups in total. The van der Waals surface area contributed by atoms with Crippen molar-refractivity contribution in [3.63, 3.8) is 0 Å². The lowest BCUT2D eigenvalue weighted by molar-refractivity contribution is 0.102. The Morgan fingerprint density at radius 2 is 1.73 bits per heavy atom. The number of nitrogens with zero attached hydrogens (tertiary/aromatic N) is 3. The van der Waals surface area contributed by atoms with Gasteiger partial charge in [-0.2, -0.15) is 0 Å². The van der Waals surface area contributed by atoms with Crippen LogP contribution in [0.1, 0.15) is 10.4 Å². The molecule has 3 aromatic rings. The molecule has 0 saturated heterocycles. The highest BCUT2D eigenvalue weighted by Gasteiger charge is 2.11. The van der Waals surface area contributed by atoms with Gasteiger partial charge in [0.25, 0.3) is 5.91 Å². The Labute approximate surface area is 132 Å². The van der Waals surface area contributed by atoms with Crippen molar-refractivity contribution < 1.29 is 4.79 Å². The molecular formula is C16H11ClN4O. The number of hydrogen-bond acceptors (Lipinski definition) is 4. The number of benzene rings is 1. The molecule has 1 aromatic carbocycles. The summed E-state index contributed by atoms with van der Waals surface area (Å²) in [6.45, 7) is 0. The van der Waals surface area contributed by atoms with Crippen LogP contribution in [0.15, 0.2) is 60.8 Å². The van der Waals surface area contributed by atoms with Gasteiger partial charge in [-0.3, -0.25) is 9.78 Å². The third-order valence-electron chi connectivity index (χ3n) is 2.95. The summed E-state index contributed by atoms with van der Waals surface area (Å²) in [5, 5.41) is 11.1. The predicted molar refractivity (Wildman–Crippen MR) is 84.7 cm³/mol. The maximum absolute atomic E-state index is 12.1. The molecule has 0 bridgehead atoms. The summed E-state index contributed by atoms with van der Waals surface area (Å²) in [6, 6.07) is 15.8. The van der Waals surface area contributed by atoms with Crippen LogP contribution in [-0.4, -0.2) is 21.1 Å². The van der Waals surface area contributed by atoms with Crippen molar-refractivity contribution in [2.75, 3.05) is 5.32 Å². The van der Waals surface area contributed by atoms with Crippen molar-refractivity contribution in [1.82, 2.24) is 15.2 Å². The van der Waals surface area contributed by atoms with E-state index < -0.39 is 0 Å². The van der Waals surface area contributed by atoms with Crippen LogP contribution in [0.2, 0.25) is 5.02 Å². The first-order valence-corrected chi connectivity index (χ1v) is 6.93. The molecule has 0 aliphatic heterocycles. The summed E-state index contributed by atoms with van der Waals surface area (Å²) >= 11 is 5.99. The van der Waals surface area contributed by atoms with Crippen molar-refractivity contribution in [3.8, 4) is 11.4 Å². The van der Waals surface area contributed by atoms with Crippen molar-refractivity contribution in [1.29, 1.82) is 0 Å². The summed E-state index contributed by atoms with van der Waals surface area (Å²) < 4.78 is 0. The Morgan fingerprint density at radius 3 is 2.41 bits per heavy atom. The fourth-order valence-corrected chi connectivity index (χ4v) is 2.10. The number of amides is 1. The average Bonchev–Trinajstić information content (AvgIpc) is 2.57. The van der Waals surface area contributed by atoms with Gasteiger partial charge in [-0.15, -0.1) is 10.2 Å². The SMILES string of the molecule is O=C(Nc1ccc(-c2ccccn2)nn1)c1ccccc1Cl. The van der Waals surface area contributed by atoms with E-state index in [4.69, 9.17) is 11.6 Å². The van der Waals surface area contributed by atoms with Crippen molar-refractivity contribution in [2.24, 2.45) is 0 Å². The third kappa shape index (κ3) is 3.10. The molecule has 0 unspecified atom stereocenters. The van der Waals surface area contributed by atoms with Crippen LogP contribution in [0.4, 0.5) is 5.82 Å². The minimum absolute atomic E-state index is 0.328. The van der Waals surface area contributed by atoms with Crippen molar-refractivity contribution >= 4 is 23.3 Å². The molecule has 0 aliphatic carbocycles. The van der Waals surface area contributed by atoms with Crippen molar-refractivity contribution in [2.45, 2.75) is 0 Å². The minimum atomic E-state index is -0.328. The Bertz CT molecular complexity index is 791. The molecule has 2 aromatic heterocycles. The van der Waals surface area contributed by atoms with Gasteiger partial charge < -0.3 is 5.32 Å². The average molecular weight is 311 g/mol. The quantitative estimate of drug-likeness (QED) is 0.804. The number of anilines is 1. The lowest BCUT2D eigenvalue weighted by Crippen LogP contribution is -2.13. The summed E-state index contributed by atoms with van der Waals surface area (Å²) in [4.78, 5) is 16.3. The first-order chi connectivity index (χ1) is 10.7. The number of carbonyl (C=O) groups is 1. The highest BCUT2D eigenvalue weighted by Crippen LogP contribution is 2.17. The fraction of sp³-hybridized carbons (Fsp3) is 0. The molecule has 0 saturated carbocycles. The number of aromatic nitrogens is 3. The summed E-state index contributed by atoms with van der Waals surface area (Å²) in [7, 11) is 0. The second-order valence-corrected chi connectivity index (χ2v) is 4.86. The van der Waals surface area contributed by atoms with E-state index in [9.17, 15) is 4.79 Å². The number of rotatable bonds is 3. The molecule has 5 nitrogen and oxygen atoms in total. The summed E-state index contributed by atoms with van der Waals surface area (Å²) in [5.74, 6) is 0.0232. The van der Waals surface area contributed by atoms with Crippen LogP contribution < -0.4 is 5.32 Å².